The van der Waals surface area contributed by atoms with Gasteiger partial charge in [0.05, 0.1) is 7.11 Å². The van der Waals surface area contributed by atoms with Crippen LogP contribution in [-0.4, -0.2) is 39.8 Å². The molecule has 0 radical (unpaired) electrons. The SMILES string of the molecule is COC(=O)c1ccc(C#Cc2ccc3c(c2)C(=O)N(C(C(=O)Nc2ccccn2)c2ccccc2)C3)cn1. The van der Waals surface area contributed by atoms with Crippen molar-refractivity contribution < 1.29 is 19.1 Å². The Morgan fingerprint density at radius 3 is 2.42 bits per heavy atom. The van der Waals surface area contributed by atoms with Crippen LogP contribution in [0.25, 0.3) is 0 Å². The van der Waals surface area contributed by atoms with Crippen molar-refractivity contribution in [1.82, 2.24) is 14.9 Å². The van der Waals surface area contributed by atoms with Crippen molar-refractivity contribution in [1.29, 1.82) is 0 Å². The second-order valence-electron chi connectivity index (χ2n) is 8.50. The van der Waals surface area contributed by atoms with Gasteiger partial charge in [0.1, 0.15) is 17.6 Å². The number of hydrogen-bond donors (Lipinski definition) is 1. The van der Waals surface area contributed by atoms with Crippen LogP contribution in [0.3, 0.4) is 0 Å². The maximum atomic E-state index is 13.6. The molecule has 0 spiro atoms. The van der Waals surface area contributed by atoms with Gasteiger partial charge in [-0.25, -0.2) is 14.8 Å². The molecule has 1 N–H and O–H groups in total. The van der Waals surface area contributed by atoms with Gasteiger partial charge < -0.3 is 15.0 Å². The molecule has 0 saturated heterocycles. The number of carbonyl (C=O) groups is 3. The van der Waals surface area contributed by atoms with Gasteiger partial charge in [0.25, 0.3) is 11.8 Å². The Balaban J connectivity index is 1.39. The van der Waals surface area contributed by atoms with Crippen LogP contribution in [0.5, 0.6) is 0 Å². The first-order valence-electron chi connectivity index (χ1n) is 11.8. The van der Waals surface area contributed by atoms with Crippen LogP contribution in [0.1, 0.15) is 49.1 Å². The van der Waals surface area contributed by atoms with Gasteiger partial charge in [0, 0.05) is 35.6 Å². The molecule has 0 fully saturated rings. The van der Waals surface area contributed by atoms with Crippen LogP contribution in [0.4, 0.5) is 5.82 Å². The third-order valence-corrected chi connectivity index (χ3v) is 6.04. The number of aromatic nitrogens is 2. The van der Waals surface area contributed by atoms with E-state index in [0.717, 1.165) is 5.56 Å². The van der Waals surface area contributed by atoms with Crippen molar-refractivity contribution in [3.63, 3.8) is 0 Å². The number of fused-ring (bicyclic) bond motifs is 1. The Bertz CT molecular complexity index is 1560. The molecule has 2 aromatic carbocycles. The van der Waals surface area contributed by atoms with Gasteiger partial charge in [0.2, 0.25) is 0 Å². The summed E-state index contributed by atoms with van der Waals surface area (Å²) in [7, 11) is 1.29. The lowest BCUT2D eigenvalue weighted by Gasteiger charge is -2.27. The maximum Gasteiger partial charge on any atom is 0.356 e. The Morgan fingerprint density at radius 2 is 1.71 bits per heavy atom. The molecule has 4 aromatic rings. The molecule has 8 heteroatoms. The molecule has 1 unspecified atom stereocenters. The van der Waals surface area contributed by atoms with Gasteiger partial charge in [-0.1, -0.05) is 54.3 Å². The highest BCUT2D eigenvalue weighted by atomic mass is 16.5. The first kappa shape index (κ1) is 24.4. The molecule has 0 saturated carbocycles. The maximum absolute atomic E-state index is 13.6. The van der Waals surface area contributed by atoms with Crippen LogP contribution in [0, 0.1) is 11.8 Å². The second kappa shape index (κ2) is 10.8. The molecule has 2 aromatic heterocycles. The summed E-state index contributed by atoms with van der Waals surface area (Å²) in [5.74, 6) is 5.33. The van der Waals surface area contributed by atoms with Gasteiger partial charge in [-0.15, -0.1) is 0 Å². The first-order valence-corrected chi connectivity index (χ1v) is 11.8. The molecule has 3 heterocycles. The van der Waals surface area contributed by atoms with Crippen LogP contribution in [0.2, 0.25) is 0 Å². The fourth-order valence-electron chi connectivity index (χ4n) is 4.19. The Labute approximate surface area is 219 Å². The topological polar surface area (TPSA) is 101 Å². The second-order valence-corrected chi connectivity index (χ2v) is 8.50. The van der Waals surface area contributed by atoms with E-state index in [1.165, 1.54) is 13.3 Å². The zero-order valence-electron chi connectivity index (χ0n) is 20.4. The van der Waals surface area contributed by atoms with E-state index in [9.17, 15) is 14.4 Å². The standard InChI is InChI=1S/C30H22N4O4/c1-38-30(37)25-15-13-21(18-32-25)11-10-20-12-14-23-19-34(29(36)24(23)17-20)27(22-7-3-2-4-8-22)28(35)33-26-9-5-6-16-31-26/h2-9,12-18,27H,19H2,1H3,(H,31,33,35). The molecular formula is C30H22N4O4. The minimum Gasteiger partial charge on any atom is -0.464 e. The molecule has 0 bridgehead atoms. The van der Waals surface area contributed by atoms with Crippen molar-refractivity contribution in [2.75, 3.05) is 12.4 Å². The van der Waals surface area contributed by atoms with Crippen LogP contribution < -0.4 is 5.32 Å². The number of ether oxygens (including phenoxy) is 1. The van der Waals surface area contributed by atoms with Gasteiger partial charge >= 0.3 is 5.97 Å². The summed E-state index contributed by atoms with van der Waals surface area (Å²) in [6.07, 6.45) is 3.08. The van der Waals surface area contributed by atoms with Crippen LogP contribution >= 0.6 is 0 Å². The molecule has 186 valence electrons. The summed E-state index contributed by atoms with van der Waals surface area (Å²) >= 11 is 0. The van der Waals surface area contributed by atoms with E-state index >= 15 is 0 Å². The number of esters is 1. The number of nitrogens with one attached hydrogen (secondary N) is 1. The minimum atomic E-state index is -0.841. The predicted octanol–water partition coefficient (Wildman–Crippen LogP) is 4.00. The smallest absolute Gasteiger partial charge is 0.356 e. The van der Waals surface area contributed by atoms with Gasteiger partial charge in [-0.05, 0) is 47.5 Å². The highest BCUT2D eigenvalue weighted by Crippen LogP contribution is 2.32. The zero-order valence-corrected chi connectivity index (χ0v) is 20.4. The fraction of sp³-hybridized carbons (Fsp3) is 0.100. The largest absolute Gasteiger partial charge is 0.464 e. The van der Waals surface area contributed by atoms with Crippen LogP contribution in [-0.2, 0) is 16.1 Å². The number of rotatable bonds is 5. The van der Waals surface area contributed by atoms with E-state index in [0.29, 0.717) is 28.1 Å². The highest BCUT2D eigenvalue weighted by Gasteiger charge is 2.37. The number of benzene rings is 2. The Hall–Kier alpha value is -5.29. The number of methoxy groups -OCH3 is 1. The molecule has 0 aliphatic carbocycles. The third kappa shape index (κ3) is 5.13. The summed E-state index contributed by atoms with van der Waals surface area (Å²) < 4.78 is 4.65. The lowest BCUT2D eigenvalue weighted by atomic mass is 10.0. The Morgan fingerprint density at radius 1 is 0.947 bits per heavy atom. The molecule has 2 amide bonds. The predicted molar refractivity (Wildman–Crippen MR) is 140 cm³/mol. The lowest BCUT2D eigenvalue weighted by Crippen LogP contribution is -2.37. The summed E-state index contributed by atoms with van der Waals surface area (Å²) in [5, 5.41) is 2.83. The van der Waals surface area contributed by atoms with E-state index in [-0.39, 0.29) is 24.1 Å². The third-order valence-electron chi connectivity index (χ3n) is 6.04. The van der Waals surface area contributed by atoms with Gasteiger partial charge in [-0.3, -0.25) is 9.59 Å². The summed E-state index contributed by atoms with van der Waals surface area (Å²) in [6, 6.07) is 22.2. The van der Waals surface area contributed by atoms with Gasteiger partial charge in [-0.2, -0.15) is 0 Å². The molecule has 8 nitrogen and oxygen atoms in total. The number of hydrogen-bond acceptors (Lipinski definition) is 6. The van der Waals surface area contributed by atoms with E-state index in [2.05, 4.69) is 31.9 Å². The van der Waals surface area contributed by atoms with Crippen LogP contribution in [0.15, 0.2) is 91.3 Å². The zero-order chi connectivity index (χ0) is 26.5. The average Bonchev–Trinajstić information content (AvgIpc) is 3.28. The summed E-state index contributed by atoms with van der Waals surface area (Å²) in [6.45, 7) is 0.288. The number of anilines is 1. The molecule has 38 heavy (non-hydrogen) atoms. The highest BCUT2D eigenvalue weighted by molar-refractivity contribution is 6.04. The fourth-order valence-corrected chi connectivity index (χ4v) is 4.19. The van der Waals surface area contributed by atoms with E-state index < -0.39 is 12.0 Å². The summed E-state index contributed by atoms with van der Waals surface area (Å²) in [4.78, 5) is 48.3. The summed E-state index contributed by atoms with van der Waals surface area (Å²) in [5.41, 5.74) is 3.47. The minimum absolute atomic E-state index is 0.196. The Kier molecular flexibility index (Phi) is 6.91. The molecular weight excluding hydrogens is 480 g/mol. The van der Waals surface area contributed by atoms with E-state index in [4.69, 9.17) is 0 Å². The quantitative estimate of drug-likeness (QED) is 0.327. The lowest BCUT2D eigenvalue weighted by molar-refractivity contribution is -0.120. The average molecular weight is 503 g/mol. The molecule has 1 aliphatic heterocycles. The van der Waals surface area contributed by atoms with Crippen molar-refractivity contribution in [3.05, 3.63) is 125 Å². The number of nitrogens with zero attached hydrogens (tertiary/aromatic N) is 3. The molecule has 5 rings (SSSR count). The molecule has 1 aliphatic rings. The van der Waals surface area contributed by atoms with E-state index in [1.54, 1.807) is 47.5 Å². The van der Waals surface area contributed by atoms with Gasteiger partial charge in [0.15, 0.2) is 0 Å². The van der Waals surface area contributed by atoms with Crippen molar-refractivity contribution in [3.8, 4) is 11.8 Å². The monoisotopic (exact) mass is 502 g/mol. The van der Waals surface area contributed by atoms with E-state index in [1.807, 2.05) is 42.5 Å². The number of carbonyl (C=O) groups excluding carboxylic acids is 3. The van der Waals surface area contributed by atoms with Crippen molar-refractivity contribution in [2.24, 2.45) is 0 Å². The normalized spacial score (nSPS) is 12.7. The molecule has 1 atom stereocenters. The number of amides is 2. The van der Waals surface area contributed by atoms with Crippen molar-refractivity contribution in [2.45, 2.75) is 12.6 Å². The first-order chi connectivity index (χ1) is 18.5. The number of pyridine rings is 2. The van der Waals surface area contributed by atoms with Crippen molar-refractivity contribution >= 4 is 23.6 Å².